The predicted molar refractivity (Wildman–Crippen MR) is 143 cm³/mol. The van der Waals surface area contributed by atoms with Crippen molar-refractivity contribution in [3.63, 3.8) is 0 Å². The Kier molecular flexibility index (Phi) is 10.2. The van der Waals surface area contributed by atoms with Crippen molar-refractivity contribution in [3.05, 3.63) is 51.6 Å². The van der Waals surface area contributed by atoms with E-state index in [0.29, 0.717) is 17.5 Å². The number of hydrogen-bond donors (Lipinski definition) is 5. The normalized spacial score (nSPS) is 21.2. The highest BCUT2D eigenvalue weighted by Crippen LogP contribution is 2.47. The van der Waals surface area contributed by atoms with E-state index < -0.39 is 17.5 Å². The number of fused-ring (bicyclic) bond motifs is 3. The van der Waals surface area contributed by atoms with Gasteiger partial charge in [-0.15, -0.1) is 0 Å². The number of benzene rings is 2. The molecule has 2 aliphatic carbocycles. The van der Waals surface area contributed by atoms with E-state index in [9.17, 15) is 24.6 Å². The summed E-state index contributed by atoms with van der Waals surface area (Å²) in [6, 6.07) is 4.61. The molecule has 1 saturated heterocycles. The summed E-state index contributed by atoms with van der Waals surface area (Å²) in [6.07, 6.45) is 2.62. The van der Waals surface area contributed by atoms with Crippen LogP contribution in [0.25, 0.3) is 0 Å². The molecule has 6 N–H and O–H groups in total. The van der Waals surface area contributed by atoms with Crippen LogP contribution in [-0.4, -0.2) is 77.4 Å². The number of phenolic OH excluding ortho intramolecular Hbond substituents is 2. The van der Waals surface area contributed by atoms with Gasteiger partial charge in [-0.2, -0.15) is 0 Å². The first-order valence-corrected chi connectivity index (χ1v) is 13.1. The van der Waals surface area contributed by atoms with Gasteiger partial charge in [-0.25, -0.2) is 0 Å². The second kappa shape index (κ2) is 13.2. The molecule has 0 bridgehead atoms. The Morgan fingerprint density at radius 3 is 2.31 bits per heavy atom. The molecule has 1 fully saturated rings. The van der Waals surface area contributed by atoms with Crippen molar-refractivity contribution >= 4 is 17.3 Å². The first kappa shape index (κ1) is 30.2. The van der Waals surface area contributed by atoms with E-state index in [1.54, 1.807) is 12.1 Å². The maximum atomic E-state index is 13.2. The van der Waals surface area contributed by atoms with E-state index in [1.807, 2.05) is 6.92 Å². The Hall–Kier alpha value is -3.31. The molecule has 3 unspecified atom stereocenters. The fourth-order valence-corrected chi connectivity index (χ4v) is 5.30. The van der Waals surface area contributed by atoms with Crippen LogP contribution < -0.4 is 10.5 Å². The lowest BCUT2D eigenvalue weighted by Gasteiger charge is -2.29. The highest BCUT2D eigenvalue weighted by atomic mass is 16.5. The van der Waals surface area contributed by atoms with Crippen molar-refractivity contribution in [3.8, 4) is 17.2 Å². The van der Waals surface area contributed by atoms with Crippen molar-refractivity contribution in [1.29, 1.82) is 0 Å². The number of aliphatic hydroxyl groups is 2. The Morgan fingerprint density at radius 2 is 1.72 bits per heavy atom. The van der Waals surface area contributed by atoms with Crippen LogP contribution in [0, 0.1) is 5.92 Å². The van der Waals surface area contributed by atoms with Crippen molar-refractivity contribution < 1.29 is 44.3 Å². The van der Waals surface area contributed by atoms with Gasteiger partial charge in [0.15, 0.2) is 5.78 Å². The molecule has 0 spiro atoms. The number of ketones is 3. The fourth-order valence-electron chi connectivity index (χ4n) is 5.30. The summed E-state index contributed by atoms with van der Waals surface area (Å²) in [5.41, 5.74) is 4.91. The fraction of sp³-hybridized carbons (Fsp3) is 0.483. The maximum absolute atomic E-state index is 13.2. The largest absolute Gasteiger partial charge is 0.507 e. The van der Waals surface area contributed by atoms with Gasteiger partial charge in [0.1, 0.15) is 23.0 Å². The summed E-state index contributed by atoms with van der Waals surface area (Å²) < 4.78 is 10.4. The number of Topliss-reactive ketones (excluding diaryl/α,β-unsaturated/α-hetero) is 1. The third-order valence-electron chi connectivity index (χ3n) is 7.41. The van der Waals surface area contributed by atoms with E-state index >= 15 is 0 Å². The second-order valence-corrected chi connectivity index (χ2v) is 9.61. The molecule has 5 rings (SSSR count). The molecule has 0 radical (unpaired) electrons. The molecule has 3 aliphatic rings. The van der Waals surface area contributed by atoms with E-state index in [4.69, 9.17) is 19.7 Å². The first-order chi connectivity index (χ1) is 18.7. The van der Waals surface area contributed by atoms with Gasteiger partial charge in [0, 0.05) is 42.2 Å². The molecule has 0 aromatic heterocycles. The summed E-state index contributed by atoms with van der Waals surface area (Å²) in [7, 11) is 2.89. The number of ether oxygens (including phenoxy) is 2. The zero-order valence-corrected chi connectivity index (χ0v) is 22.5. The maximum Gasteiger partial charge on any atom is 0.202 e. The average Bonchev–Trinajstić information content (AvgIpc) is 2.96. The highest BCUT2D eigenvalue weighted by molar-refractivity contribution is 6.31. The third-order valence-corrected chi connectivity index (χ3v) is 7.41. The molecule has 2 aromatic rings. The van der Waals surface area contributed by atoms with Crippen molar-refractivity contribution in [2.75, 3.05) is 27.4 Å². The molecule has 10 heteroatoms. The van der Waals surface area contributed by atoms with Gasteiger partial charge in [0.2, 0.25) is 5.78 Å². The molecule has 3 atom stereocenters. The van der Waals surface area contributed by atoms with Crippen molar-refractivity contribution in [2.45, 2.75) is 57.7 Å². The Labute approximate surface area is 227 Å². The van der Waals surface area contributed by atoms with Crippen LogP contribution in [-0.2, 0) is 22.4 Å². The number of hydrogen-bond acceptors (Lipinski definition) is 10. The summed E-state index contributed by atoms with van der Waals surface area (Å²) in [5, 5.41) is 39.8. The van der Waals surface area contributed by atoms with Gasteiger partial charge in [0.25, 0.3) is 0 Å². The number of phenols is 2. The van der Waals surface area contributed by atoms with Crippen LogP contribution in [0.2, 0.25) is 0 Å². The van der Waals surface area contributed by atoms with E-state index in [0.717, 1.165) is 19.4 Å². The number of aromatic hydroxyl groups is 2. The summed E-state index contributed by atoms with van der Waals surface area (Å²) in [4.78, 5) is 38.5. The molecule has 1 aliphatic heterocycles. The molecular weight excluding hydrogens is 506 g/mol. The quantitative estimate of drug-likeness (QED) is 0.306. The molecule has 212 valence electrons. The standard InChI is InChI=1S/C22H20O7.C6H12O2.CH5N/c1-29-15-4-2-3-12-16(15)22(28)18-17(20(12)26)21(27)13-9-10(14(24)7-8-23)5-6-11(13)19(18)25;1-5-6(7)3-2-4-8-5;1-2/h2-4,10,23,25,27H,5-9H2,1H3;5-7H,2-4H2,1H3;2H2,1H3. The van der Waals surface area contributed by atoms with Gasteiger partial charge >= 0.3 is 0 Å². The first-order valence-electron chi connectivity index (χ1n) is 13.1. The predicted octanol–water partition coefficient (Wildman–Crippen LogP) is 2.06. The van der Waals surface area contributed by atoms with Crippen molar-refractivity contribution in [1.82, 2.24) is 0 Å². The van der Waals surface area contributed by atoms with E-state index in [1.165, 1.54) is 20.2 Å². The Morgan fingerprint density at radius 1 is 1.05 bits per heavy atom. The summed E-state index contributed by atoms with van der Waals surface area (Å²) >= 11 is 0. The number of aliphatic hydroxyl groups excluding tert-OH is 2. The number of rotatable bonds is 4. The minimum atomic E-state index is -0.582. The molecule has 1 heterocycles. The van der Waals surface area contributed by atoms with Gasteiger partial charge in [-0.05, 0) is 52.1 Å². The van der Waals surface area contributed by atoms with Gasteiger partial charge in [-0.1, -0.05) is 12.1 Å². The Bertz CT molecular complexity index is 1230. The van der Waals surface area contributed by atoms with Crippen LogP contribution in [0.15, 0.2) is 18.2 Å². The van der Waals surface area contributed by atoms with Crippen LogP contribution >= 0.6 is 0 Å². The summed E-state index contributed by atoms with van der Waals surface area (Å²) in [5.74, 6) is -2.17. The minimum absolute atomic E-state index is 0.0161. The van der Waals surface area contributed by atoms with E-state index in [2.05, 4.69) is 5.73 Å². The molecule has 0 amide bonds. The number of carbonyl (C=O) groups is 3. The zero-order chi connectivity index (χ0) is 28.9. The third kappa shape index (κ3) is 5.84. The van der Waals surface area contributed by atoms with Crippen LogP contribution in [0.3, 0.4) is 0 Å². The van der Waals surface area contributed by atoms with Gasteiger partial charge in [0.05, 0.1) is 36.0 Å². The lowest BCUT2D eigenvalue weighted by Crippen LogP contribution is -2.30. The second-order valence-electron chi connectivity index (χ2n) is 9.61. The molecule has 2 aromatic carbocycles. The molecule has 0 saturated carbocycles. The highest BCUT2D eigenvalue weighted by Gasteiger charge is 2.40. The zero-order valence-electron chi connectivity index (χ0n) is 22.5. The lowest BCUT2D eigenvalue weighted by molar-refractivity contribution is -0.123. The Balaban J connectivity index is 0.000000357. The van der Waals surface area contributed by atoms with Crippen LogP contribution in [0.4, 0.5) is 0 Å². The monoisotopic (exact) mass is 543 g/mol. The van der Waals surface area contributed by atoms with E-state index in [-0.39, 0.29) is 83.4 Å². The van der Waals surface area contributed by atoms with Crippen LogP contribution in [0.5, 0.6) is 17.2 Å². The number of carbonyl (C=O) groups excluding carboxylic acids is 3. The van der Waals surface area contributed by atoms with Gasteiger partial charge < -0.3 is 35.6 Å². The topological polar surface area (TPSA) is 177 Å². The number of nitrogens with two attached hydrogens (primary N) is 1. The summed E-state index contributed by atoms with van der Waals surface area (Å²) in [6.45, 7) is 2.47. The SMILES string of the molecule is CC1OCCCC1O.CN.COc1cccc2c1C(=O)c1c(O)c3c(c(O)c1C2=O)CC(C(=O)CCO)CC3. The lowest BCUT2D eigenvalue weighted by atomic mass is 9.74. The number of methoxy groups -OCH3 is 1. The van der Waals surface area contributed by atoms with Gasteiger partial charge in [-0.3, -0.25) is 14.4 Å². The molecular formula is C29H37NO9. The molecule has 10 nitrogen and oxygen atoms in total. The van der Waals surface area contributed by atoms with Crippen molar-refractivity contribution in [2.24, 2.45) is 11.7 Å². The molecule has 39 heavy (non-hydrogen) atoms. The minimum Gasteiger partial charge on any atom is -0.507 e. The smallest absolute Gasteiger partial charge is 0.202 e. The average molecular weight is 544 g/mol. The van der Waals surface area contributed by atoms with Crippen LogP contribution in [0.1, 0.15) is 75.6 Å².